The van der Waals surface area contributed by atoms with Crippen LogP contribution in [-0.2, 0) is 19.1 Å². The van der Waals surface area contributed by atoms with Crippen LogP contribution in [0.15, 0.2) is 12.2 Å². The molecule has 146 valence electrons. The summed E-state index contributed by atoms with van der Waals surface area (Å²) in [6.07, 6.45) is 0.148. The number of hydrogen-bond acceptors (Lipinski definition) is 5. The molecule has 0 saturated heterocycles. The number of amides is 1. The second kappa shape index (κ2) is 9.92. The zero-order valence-electron chi connectivity index (χ0n) is 17.1. The summed E-state index contributed by atoms with van der Waals surface area (Å²) in [5.41, 5.74) is 6.25. The van der Waals surface area contributed by atoms with Gasteiger partial charge in [-0.05, 0) is 33.1 Å². The summed E-state index contributed by atoms with van der Waals surface area (Å²) in [4.78, 5) is 26.4. The number of likely N-dealkylation sites (N-methyl/N-ethyl adjacent to an activating group) is 1. The lowest BCUT2D eigenvalue weighted by Gasteiger charge is -2.37. The molecule has 0 bridgehead atoms. The maximum absolute atomic E-state index is 12.7. The molecule has 1 amide bonds. The van der Waals surface area contributed by atoms with E-state index in [9.17, 15) is 9.59 Å². The van der Waals surface area contributed by atoms with Crippen LogP contribution in [0.1, 0.15) is 54.4 Å². The van der Waals surface area contributed by atoms with E-state index < -0.39 is 23.8 Å². The minimum Gasteiger partial charge on any atom is -0.460 e. The third-order valence-corrected chi connectivity index (χ3v) is 4.08. The molecule has 0 unspecified atom stereocenters. The average molecular weight is 357 g/mol. The molecule has 6 nitrogen and oxygen atoms in total. The third kappa shape index (κ3) is 7.57. The second-order valence-corrected chi connectivity index (χ2v) is 7.74. The minimum atomic E-state index is -0.615. The molecule has 0 aliphatic heterocycles. The Morgan fingerprint density at radius 3 is 2.12 bits per heavy atom. The van der Waals surface area contributed by atoms with Crippen LogP contribution >= 0.6 is 0 Å². The van der Waals surface area contributed by atoms with E-state index in [1.54, 1.807) is 11.9 Å². The van der Waals surface area contributed by atoms with Gasteiger partial charge in [0.25, 0.3) is 0 Å². The molecule has 0 spiro atoms. The molecule has 0 fully saturated rings. The van der Waals surface area contributed by atoms with Gasteiger partial charge in [-0.1, -0.05) is 32.9 Å². The van der Waals surface area contributed by atoms with Crippen molar-refractivity contribution in [2.24, 2.45) is 11.7 Å². The van der Waals surface area contributed by atoms with E-state index in [1.807, 2.05) is 41.5 Å². The first-order chi connectivity index (χ1) is 11.4. The van der Waals surface area contributed by atoms with Crippen LogP contribution in [0.2, 0.25) is 0 Å². The molecular formula is C19H36N2O4. The van der Waals surface area contributed by atoms with Crippen molar-refractivity contribution in [3.05, 3.63) is 12.2 Å². The Kier molecular flexibility index (Phi) is 9.37. The second-order valence-electron chi connectivity index (χ2n) is 7.74. The molecule has 6 heteroatoms. The quantitative estimate of drug-likeness (QED) is 0.507. The molecule has 0 aromatic rings. The number of methoxy groups -OCH3 is 1. The summed E-state index contributed by atoms with van der Waals surface area (Å²) in [7, 11) is 3.20. The van der Waals surface area contributed by atoms with Gasteiger partial charge in [-0.2, -0.15) is 0 Å². The third-order valence-electron chi connectivity index (χ3n) is 4.08. The van der Waals surface area contributed by atoms with Crippen molar-refractivity contribution in [3.8, 4) is 0 Å². The lowest BCUT2D eigenvalue weighted by Crippen LogP contribution is -2.53. The van der Waals surface area contributed by atoms with Crippen molar-refractivity contribution in [3.63, 3.8) is 0 Å². The molecule has 0 radical (unpaired) electrons. The number of carbonyl (C=O) groups excluding carboxylic acids is 2. The van der Waals surface area contributed by atoms with Gasteiger partial charge in [0.15, 0.2) is 0 Å². The van der Waals surface area contributed by atoms with E-state index in [-0.39, 0.29) is 24.2 Å². The first-order valence-electron chi connectivity index (χ1n) is 8.80. The van der Waals surface area contributed by atoms with Crippen LogP contribution in [0.25, 0.3) is 0 Å². The summed E-state index contributed by atoms with van der Waals surface area (Å²) in [6.45, 7) is 15.3. The molecule has 25 heavy (non-hydrogen) atoms. The minimum absolute atomic E-state index is 0.0114. The fourth-order valence-corrected chi connectivity index (χ4v) is 2.52. The normalized spacial score (nSPS) is 15.4. The van der Waals surface area contributed by atoms with Crippen molar-refractivity contribution < 1.29 is 19.1 Å². The lowest BCUT2D eigenvalue weighted by molar-refractivity contribution is -0.159. The number of nitrogens with two attached hydrogens (primary N) is 1. The predicted molar refractivity (Wildman–Crippen MR) is 100 cm³/mol. The summed E-state index contributed by atoms with van der Waals surface area (Å²) in [5, 5.41) is 0. The Balaban J connectivity index is 5.43. The van der Waals surface area contributed by atoms with Gasteiger partial charge in [-0.3, -0.25) is 9.59 Å². The molecule has 0 aliphatic rings. The molecule has 3 atom stereocenters. The van der Waals surface area contributed by atoms with E-state index in [0.29, 0.717) is 6.42 Å². The van der Waals surface area contributed by atoms with Gasteiger partial charge in [0.1, 0.15) is 5.60 Å². The molecule has 0 saturated carbocycles. The Morgan fingerprint density at radius 2 is 1.76 bits per heavy atom. The van der Waals surface area contributed by atoms with E-state index >= 15 is 0 Å². The van der Waals surface area contributed by atoms with Gasteiger partial charge in [0, 0.05) is 14.2 Å². The summed E-state index contributed by atoms with van der Waals surface area (Å²) in [5.74, 6) is -0.555. The number of rotatable bonds is 9. The first-order valence-corrected chi connectivity index (χ1v) is 8.80. The van der Waals surface area contributed by atoms with Crippen LogP contribution in [-0.4, -0.2) is 54.7 Å². The summed E-state index contributed by atoms with van der Waals surface area (Å²) >= 11 is 0. The fourth-order valence-electron chi connectivity index (χ4n) is 2.52. The Morgan fingerprint density at radius 1 is 1.24 bits per heavy atom. The largest absolute Gasteiger partial charge is 0.460 e. The molecule has 0 aliphatic carbocycles. The van der Waals surface area contributed by atoms with Crippen LogP contribution in [0.3, 0.4) is 0 Å². The smallest absolute Gasteiger partial charge is 0.309 e. The van der Waals surface area contributed by atoms with Crippen LogP contribution in [0.4, 0.5) is 0 Å². The van der Waals surface area contributed by atoms with Crippen LogP contribution in [0.5, 0.6) is 0 Å². The molecule has 0 aromatic heterocycles. The lowest BCUT2D eigenvalue weighted by atomic mass is 9.95. The highest BCUT2D eigenvalue weighted by molar-refractivity contribution is 5.82. The van der Waals surface area contributed by atoms with E-state index in [1.165, 1.54) is 7.11 Å². The number of hydrogen-bond donors (Lipinski definition) is 1. The highest BCUT2D eigenvalue weighted by Crippen LogP contribution is 2.22. The van der Waals surface area contributed by atoms with Crippen LogP contribution in [0, 0.1) is 5.92 Å². The van der Waals surface area contributed by atoms with Gasteiger partial charge in [0.2, 0.25) is 5.91 Å². The highest BCUT2D eigenvalue weighted by atomic mass is 16.6. The number of ether oxygens (including phenoxy) is 2. The zero-order chi connectivity index (χ0) is 19.9. The highest BCUT2D eigenvalue weighted by Gasteiger charge is 2.35. The van der Waals surface area contributed by atoms with Gasteiger partial charge in [-0.25, -0.2) is 0 Å². The molecule has 0 heterocycles. The summed E-state index contributed by atoms with van der Waals surface area (Å²) < 4.78 is 10.9. The molecular weight excluding hydrogens is 320 g/mol. The number of esters is 1. The molecule has 0 rings (SSSR count). The average Bonchev–Trinajstić information content (AvgIpc) is 2.49. The van der Waals surface area contributed by atoms with E-state index in [0.717, 1.165) is 5.57 Å². The molecule has 0 aromatic carbocycles. The van der Waals surface area contributed by atoms with Crippen molar-refractivity contribution >= 4 is 11.9 Å². The monoisotopic (exact) mass is 356 g/mol. The SMILES string of the molecule is C=C(CC)[C@@H]([C@@H](CC(=O)OC(C)(C)C)OC)N(C)C(=O)[C@@H](N)C(C)C. The molecule has 2 N–H and O–H groups in total. The van der Waals surface area contributed by atoms with Gasteiger partial charge < -0.3 is 20.1 Å². The first kappa shape index (κ1) is 23.6. The summed E-state index contributed by atoms with van der Waals surface area (Å²) in [6, 6.07) is -1.06. The maximum atomic E-state index is 12.7. The van der Waals surface area contributed by atoms with Gasteiger partial charge in [0.05, 0.1) is 24.6 Å². The van der Waals surface area contributed by atoms with Crippen molar-refractivity contribution in [2.45, 2.75) is 78.2 Å². The number of nitrogens with zero attached hydrogens (tertiary/aromatic N) is 1. The van der Waals surface area contributed by atoms with Crippen molar-refractivity contribution in [1.82, 2.24) is 4.90 Å². The van der Waals surface area contributed by atoms with Gasteiger partial charge >= 0.3 is 5.97 Å². The van der Waals surface area contributed by atoms with E-state index in [2.05, 4.69) is 6.58 Å². The standard InChI is InChI=1S/C19H36N2O4/c1-10-13(4)17(21(8)18(23)16(20)12(2)3)14(24-9)11-15(22)25-19(5,6)7/h12,14,16-17H,4,10-11,20H2,1-3,5-9H3/t14-,16+,17+/m1/s1. The van der Waals surface area contributed by atoms with Crippen molar-refractivity contribution in [2.75, 3.05) is 14.2 Å². The van der Waals surface area contributed by atoms with E-state index in [4.69, 9.17) is 15.2 Å². The zero-order valence-corrected chi connectivity index (χ0v) is 17.1. The fraction of sp³-hybridized carbons (Fsp3) is 0.789. The Labute approximate surface area is 152 Å². The topological polar surface area (TPSA) is 81.9 Å². The Hall–Kier alpha value is -1.40. The number of carbonyl (C=O) groups is 2. The van der Waals surface area contributed by atoms with Crippen LogP contribution < -0.4 is 5.73 Å². The van der Waals surface area contributed by atoms with Gasteiger partial charge in [-0.15, -0.1) is 0 Å². The van der Waals surface area contributed by atoms with Crippen molar-refractivity contribution in [1.29, 1.82) is 0 Å². The maximum Gasteiger partial charge on any atom is 0.309 e. The predicted octanol–water partition coefficient (Wildman–Crippen LogP) is 2.51. The Bertz CT molecular complexity index is 469.